The lowest BCUT2D eigenvalue weighted by molar-refractivity contribution is 0.172. The zero-order chi connectivity index (χ0) is 20.9. The Morgan fingerprint density at radius 2 is 1.72 bits per heavy atom. The van der Waals surface area contributed by atoms with E-state index >= 15 is 0 Å². The van der Waals surface area contributed by atoms with Gasteiger partial charge in [-0.2, -0.15) is 4.31 Å². The summed E-state index contributed by atoms with van der Waals surface area (Å²) in [5.41, 5.74) is 1.02. The van der Waals surface area contributed by atoms with E-state index in [0.717, 1.165) is 11.3 Å². The number of urea groups is 1. The fourth-order valence-corrected chi connectivity index (χ4v) is 4.76. The summed E-state index contributed by atoms with van der Waals surface area (Å²) in [6.45, 7) is 1.67. The third kappa shape index (κ3) is 5.20. The van der Waals surface area contributed by atoms with Gasteiger partial charge in [-0.25, -0.2) is 13.2 Å². The Morgan fingerprint density at radius 3 is 2.38 bits per heavy atom. The predicted molar refractivity (Wildman–Crippen MR) is 112 cm³/mol. The highest BCUT2D eigenvalue weighted by atomic mass is 35.5. The van der Waals surface area contributed by atoms with Crippen LogP contribution in [0.2, 0.25) is 5.02 Å². The van der Waals surface area contributed by atoms with Crippen molar-refractivity contribution in [3.05, 3.63) is 59.1 Å². The molecule has 3 rings (SSSR count). The average Bonchev–Trinajstić information content (AvgIpc) is 2.74. The molecule has 2 aromatic carbocycles. The van der Waals surface area contributed by atoms with E-state index in [1.807, 2.05) is 24.3 Å². The minimum absolute atomic E-state index is 0.191. The summed E-state index contributed by atoms with van der Waals surface area (Å²) in [7, 11) is -1.97. The summed E-state index contributed by atoms with van der Waals surface area (Å²) >= 11 is 5.83. The van der Waals surface area contributed by atoms with Crippen molar-refractivity contribution in [2.45, 2.75) is 11.3 Å². The van der Waals surface area contributed by atoms with Crippen LogP contribution in [-0.4, -0.2) is 63.5 Å². The second-order valence-corrected chi connectivity index (χ2v) is 9.01. The van der Waals surface area contributed by atoms with Crippen LogP contribution in [0.1, 0.15) is 5.56 Å². The normalized spacial score (nSPS) is 15.2. The minimum atomic E-state index is -3.59. The number of benzene rings is 2. The number of amides is 2. The highest BCUT2D eigenvalue weighted by Crippen LogP contribution is 2.20. The summed E-state index contributed by atoms with van der Waals surface area (Å²) in [4.78, 5) is 14.2. The SMILES string of the molecule is COc1ccccc1CCNC(=O)N1CCN(S(=O)(=O)c2ccc(Cl)cc2)CC1. The molecular formula is C20H24ClN3O4S. The van der Waals surface area contributed by atoms with Crippen molar-refractivity contribution in [1.82, 2.24) is 14.5 Å². The van der Waals surface area contributed by atoms with Gasteiger partial charge in [0.15, 0.2) is 0 Å². The molecule has 0 saturated carbocycles. The van der Waals surface area contributed by atoms with Crippen LogP contribution in [0, 0.1) is 0 Å². The number of sulfonamides is 1. The van der Waals surface area contributed by atoms with E-state index in [9.17, 15) is 13.2 Å². The maximum atomic E-state index is 12.7. The lowest BCUT2D eigenvalue weighted by Crippen LogP contribution is -2.53. The van der Waals surface area contributed by atoms with E-state index in [0.29, 0.717) is 31.1 Å². The van der Waals surface area contributed by atoms with Crippen LogP contribution in [0.25, 0.3) is 0 Å². The summed E-state index contributed by atoms with van der Waals surface area (Å²) in [6.07, 6.45) is 0.653. The van der Waals surface area contributed by atoms with Crippen LogP contribution in [-0.2, 0) is 16.4 Å². The van der Waals surface area contributed by atoms with Crippen LogP contribution < -0.4 is 10.1 Å². The smallest absolute Gasteiger partial charge is 0.317 e. The van der Waals surface area contributed by atoms with Crippen molar-refractivity contribution in [2.24, 2.45) is 0 Å². The molecule has 0 unspecified atom stereocenters. The number of carbonyl (C=O) groups excluding carboxylic acids is 1. The number of halogens is 1. The van der Waals surface area contributed by atoms with Crippen molar-refractivity contribution >= 4 is 27.7 Å². The van der Waals surface area contributed by atoms with Gasteiger partial charge in [0.25, 0.3) is 0 Å². The second kappa shape index (κ2) is 9.47. The lowest BCUT2D eigenvalue weighted by atomic mass is 10.1. The molecule has 2 aromatic rings. The monoisotopic (exact) mass is 437 g/mol. The molecular weight excluding hydrogens is 414 g/mol. The van der Waals surface area contributed by atoms with E-state index in [4.69, 9.17) is 16.3 Å². The number of methoxy groups -OCH3 is 1. The van der Waals surface area contributed by atoms with Crippen LogP contribution in [0.5, 0.6) is 5.75 Å². The Labute approximate surface area is 176 Å². The molecule has 0 atom stereocenters. The highest BCUT2D eigenvalue weighted by molar-refractivity contribution is 7.89. The molecule has 0 spiro atoms. The zero-order valence-electron chi connectivity index (χ0n) is 16.2. The Hall–Kier alpha value is -2.29. The number of piperazine rings is 1. The van der Waals surface area contributed by atoms with Crippen molar-refractivity contribution in [2.75, 3.05) is 39.8 Å². The summed E-state index contributed by atoms with van der Waals surface area (Å²) in [6, 6.07) is 13.6. The number of nitrogens with zero attached hydrogens (tertiary/aromatic N) is 2. The molecule has 0 aliphatic carbocycles. The molecule has 0 radical (unpaired) electrons. The summed E-state index contributed by atoms with van der Waals surface area (Å²) in [5.74, 6) is 0.794. The fraction of sp³-hybridized carbons (Fsp3) is 0.350. The summed E-state index contributed by atoms with van der Waals surface area (Å²) in [5, 5.41) is 3.38. The van der Waals surface area contributed by atoms with Crippen LogP contribution in [0.3, 0.4) is 0 Å². The first-order valence-corrected chi connectivity index (χ1v) is 11.1. The van der Waals surface area contributed by atoms with Gasteiger partial charge in [-0.1, -0.05) is 29.8 Å². The van der Waals surface area contributed by atoms with Gasteiger partial charge in [0.1, 0.15) is 5.75 Å². The average molecular weight is 438 g/mol. The lowest BCUT2D eigenvalue weighted by Gasteiger charge is -2.34. The van der Waals surface area contributed by atoms with Gasteiger partial charge in [-0.3, -0.25) is 0 Å². The standard InChI is InChI=1S/C20H24ClN3O4S/c1-28-19-5-3-2-4-16(19)10-11-22-20(25)23-12-14-24(15-13-23)29(26,27)18-8-6-17(21)7-9-18/h2-9H,10-15H2,1H3,(H,22,25). The highest BCUT2D eigenvalue weighted by Gasteiger charge is 2.30. The Kier molecular flexibility index (Phi) is 7.00. The molecule has 29 heavy (non-hydrogen) atoms. The molecule has 0 aromatic heterocycles. The molecule has 2 amide bonds. The molecule has 1 heterocycles. The third-order valence-corrected chi connectivity index (χ3v) is 7.01. The van der Waals surface area contributed by atoms with E-state index in [-0.39, 0.29) is 24.0 Å². The Morgan fingerprint density at radius 1 is 1.07 bits per heavy atom. The molecule has 1 aliphatic heterocycles. The van der Waals surface area contributed by atoms with E-state index < -0.39 is 10.0 Å². The number of para-hydroxylation sites is 1. The largest absolute Gasteiger partial charge is 0.496 e. The van der Waals surface area contributed by atoms with E-state index in [1.165, 1.54) is 16.4 Å². The molecule has 1 N–H and O–H groups in total. The number of ether oxygens (including phenoxy) is 1. The zero-order valence-corrected chi connectivity index (χ0v) is 17.7. The number of nitrogens with one attached hydrogen (secondary N) is 1. The van der Waals surface area contributed by atoms with Crippen LogP contribution in [0.15, 0.2) is 53.4 Å². The van der Waals surface area contributed by atoms with Crippen molar-refractivity contribution in [3.63, 3.8) is 0 Å². The van der Waals surface area contributed by atoms with Gasteiger partial charge in [-0.15, -0.1) is 0 Å². The molecule has 1 aliphatic rings. The number of hydrogen-bond donors (Lipinski definition) is 1. The molecule has 9 heteroatoms. The number of carbonyl (C=O) groups is 1. The molecule has 1 saturated heterocycles. The number of hydrogen-bond acceptors (Lipinski definition) is 4. The minimum Gasteiger partial charge on any atom is -0.496 e. The Bertz CT molecular complexity index is 942. The van der Waals surface area contributed by atoms with E-state index in [2.05, 4.69) is 5.32 Å². The Balaban J connectivity index is 1.50. The topological polar surface area (TPSA) is 79.0 Å². The number of rotatable bonds is 6. The van der Waals surface area contributed by atoms with Crippen molar-refractivity contribution in [3.8, 4) is 5.75 Å². The predicted octanol–water partition coefficient (Wildman–Crippen LogP) is 2.61. The van der Waals surface area contributed by atoms with Gasteiger partial charge in [0.05, 0.1) is 12.0 Å². The van der Waals surface area contributed by atoms with Crippen molar-refractivity contribution < 1.29 is 17.9 Å². The molecule has 1 fully saturated rings. The van der Waals surface area contributed by atoms with Crippen LogP contribution in [0.4, 0.5) is 4.79 Å². The fourth-order valence-electron chi connectivity index (χ4n) is 3.21. The van der Waals surface area contributed by atoms with Gasteiger partial charge in [0, 0.05) is 37.7 Å². The maximum Gasteiger partial charge on any atom is 0.317 e. The first-order valence-electron chi connectivity index (χ1n) is 9.32. The first-order chi connectivity index (χ1) is 13.9. The third-order valence-electron chi connectivity index (χ3n) is 4.84. The van der Waals surface area contributed by atoms with Gasteiger partial charge < -0.3 is 15.0 Å². The van der Waals surface area contributed by atoms with Crippen LogP contribution >= 0.6 is 11.6 Å². The van der Waals surface area contributed by atoms with Gasteiger partial charge in [0.2, 0.25) is 10.0 Å². The quantitative estimate of drug-likeness (QED) is 0.753. The maximum absolute atomic E-state index is 12.7. The van der Waals surface area contributed by atoms with Crippen molar-refractivity contribution in [1.29, 1.82) is 0 Å². The second-order valence-electron chi connectivity index (χ2n) is 6.64. The van der Waals surface area contributed by atoms with Gasteiger partial charge in [-0.05, 0) is 42.3 Å². The van der Waals surface area contributed by atoms with E-state index in [1.54, 1.807) is 24.1 Å². The first kappa shape index (κ1) is 21.4. The van der Waals surface area contributed by atoms with Gasteiger partial charge >= 0.3 is 6.03 Å². The summed E-state index contributed by atoms with van der Waals surface area (Å²) < 4.78 is 32.1. The molecule has 0 bridgehead atoms. The molecule has 7 nitrogen and oxygen atoms in total. The molecule has 156 valence electrons.